The van der Waals surface area contributed by atoms with Crippen LogP contribution in [0.3, 0.4) is 0 Å². The Balaban J connectivity index is 1.91. The third-order valence-electron chi connectivity index (χ3n) is 3.77. The van der Waals surface area contributed by atoms with Crippen LogP contribution in [-0.4, -0.2) is 22.7 Å². The second kappa shape index (κ2) is 7.58. The molecular formula is C15H17F2NO3S. The van der Waals surface area contributed by atoms with Gasteiger partial charge in [0.1, 0.15) is 0 Å². The molecule has 0 atom stereocenters. The van der Waals surface area contributed by atoms with Gasteiger partial charge in [-0.1, -0.05) is 17.8 Å². The number of carbonyl (C=O) groups is 2. The number of anilines is 1. The molecule has 22 heavy (non-hydrogen) atoms. The minimum absolute atomic E-state index is 0.178. The summed E-state index contributed by atoms with van der Waals surface area (Å²) in [4.78, 5) is 23.4. The number of rotatable bonds is 5. The van der Waals surface area contributed by atoms with Crippen molar-refractivity contribution in [2.75, 3.05) is 5.32 Å². The summed E-state index contributed by atoms with van der Waals surface area (Å²) in [7, 11) is 0. The lowest BCUT2D eigenvalue weighted by molar-refractivity contribution is -0.143. The van der Waals surface area contributed by atoms with Crippen molar-refractivity contribution in [3.05, 3.63) is 24.3 Å². The van der Waals surface area contributed by atoms with Crippen molar-refractivity contribution in [2.24, 2.45) is 11.8 Å². The number of aliphatic carboxylic acids is 1. The van der Waals surface area contributed by atoms with E-state index in [-0.39, 0.29) is 17.7 Å². The number of benzene rings is 1. The second-order valence-corrected chi connectivity index (χ2v) is 6.35. The summed E-state index contributed by atoms with van der Waals surface area (Å²) < 4.78 is 24.7. The summed E-state index contributed by atoms with van der Waals surface area (Å²) in [5, 5.41) is 11.7. The zero-order valence-electron chi connectivity index (χ0n) is 11.8. The highest BCUT2D eigenvalue weighted by Crippen LogP contribution is 2.31. The minimum Gasteiger partial charge on any atom is -0.481 e. The summed E-state index contributed by atoms with van der Waals surface area (Å²) in [6.45, 7) is 0. The molecule has 1 aromatic rings. The van der Waals surface area contributed by atoms with Gasteiger partial charge in [-0.25, -0.2) is 0 Å². The van der Waals surface area contributed by atoms with Gasteiger partial charge in [0.15, 0.2) is 0 Å². The summed E-state index contributed by atoms with van der Waals surface area (Å²) in [6.07, 6.45) is 2.06. The molecule has 0 spiro atoms. The van der Waals surface area contributed by atoms with Gasteiger partial charge in [0.05, 0.1) is 5.92 Å². The van der Waals surface area contributed by atoms with Crippen LogP contribution in [0.4, 0.5) is 14.5 Å². The van der Waals surface area contributed by atoms with E-state index in [0.29, 0.717) is 48.0 Å². The molecule has 1 aromatic carbocycles. The summed E-state index contributed by atoms with van der Waals surface area (Å²) >= 11 is 0.429. The average Bonchev–Trinajstić information content (AvgIpc) is 2.47. The van der Waals surface area contributed by atoms with Crippen LogP contribution in [0.15, 0.2) is 29.2 Å². The van der Waals surface area contributed by atoms with Crippen molar-refractivity contribution in [1.29, 1.82) is 0 Å². The first kappa shape index (κ1) is 16.7. The number of hydrogen-bond acceptors (Lipinski definition) is 3. The average molecular weight is 329 g/mol. The fourth-order valence-corrected chi connectivity index (χ4v) is 3.15. The molecule has 2 N–H and O–H groups in total. The maximum atomic E-state index is 12.3. The molecular weight excluding hydrogens is 312 g/mol. The first-order valence-electron chi connectivity index (χ1n) is 7.04. The summed E-state index contributed by atoms with van der Waals surface area (Å²) in [5.74, 6) is -4.08. The van der Waals surface area contributed by atoms with E-state index in [1.54, 1.807) is 18.2 Å². The van der Waals surface area contributed by atoms with Gasteiger partial charge >= 0.3 is 5.97 Å². The van der Waals surface area contributed by atoms with Gasteiger partial charge in [0.25, 0.3) is 5.76 Å². The number of hydrogen-bond donors (Lipinski definition) is 2. The first-order chi connectivity index (χ1) is 10.5. The van der Waals surface area contributed by atoms with E-state index >= 15 is 0 Å². The monoisotopic (exact) mass is 329 g/mol. The van der Waals surface area contributed by atoms with Crippen LogP contribution in [0.5, 0.6) is 0 Å². The van der Waals surface area contributed by atoms with Gasteiger partial charge in [0, 0.05) is 16.5 Å². The van der Waals surface area contributed by atoms with Gasteiger partial charge < -0.3 is 10.4 Å². The molecule has 0 heterocycles. The van der Waals surface area contributed by atoms with Crippen LogP contribution in [0.1, 0.15) is 25.7 Å². The maximum absolute atomic E-state index is 12.3. The van der Waals surface area contributed by atoms with Gasteiger partial charge in [-0.05, 0) is 43.9 Å². The van der Waals surface area contributed by atoms with Crippen molar-refractivity contribution in [1.82, 2.24) is 0 Å². The van der Waals surface area contributed by atoms with E-state index in [0.717, 1.165) is 0 Å². The van der Waals surface area contributed by atoms with E-state index in [1.807, 2.05) is 0 Å². The van der Waals surface area contributed by atoms with E-state index < -0.39 is 11.7 Å². The molecule has 2 rings (SSSR count). The van der Waals surface area contributed by atoms with Crippen molar-refractivity contribution >= 4 is 29.3 Å². The lowest BCUT2D eigenvalue weighted by Crippen LogP contribution is -2.29. The molecule has 1 saturated carbocycles. The third-order valence-corrected chi connectivity index (χ3v) is 4.48. The molecule has 1 amide bonds. The van der Waals surface area contributed by atoms with Crippen LogP contribution in [0, 0.1) is 11.8 Å². The van der Waals surface area contributed by atoms with Crippen LogP contribution < -0.4 is 5.32 Å². The van der Waals surface area contributed by atoms with Gasteiger partial charge in [-0.2, -0.15) is 8.78 Å². The molecule has 0 aromatic heterocycles. The highest BCUT2D eigenvalue weighted by Gasteiger charge is 2.29. The number of alkyl halides is 2. The Hall–Kier alpha value is -1.63. The van der Waals surface area contributed by atoms with Crippen molar-refractivity contribution in [2.45, 2.75) is 36.3 Å². The fourth-order valence-electron chi connectivity index (χ4n) is 2.60. The Morgan fingerprint density at radius 3 is 2.41 bits per heavy atom. The number of nitrogens with one attached hydrogen (secondary N) is 1. The van der Waals surface area contributed by atoms with Crippen molar-refractivity contribution in [3.63, 3.8) is 0 Å². The van der Waals surface area contributed by atoms with Crippen LogP contribution >= 0.6 is 11.8 Å². The molecule has 0 saturated heterocycles. The number of thioether (sulfide) groups is 1. The van der Waals surface area contributed by atoms with E-state index in [9.17, 15) is 18.4 Å². The number of amides is 1. The molecule has 7 heteroatoms. The lowest BCUT2D eigenvalue weighted by Gasteiger charge is -2.25. The predicted octanol–water partition coefficient (Wildman–Crippen LogP) is 3.83. The normalized spacial score (nSPS) is 21.6. The molecule has 1 aliphatic rings. The Morgan fingerprint density at radius 2 is 1.82 bits per heavy atom. The zero-order valence-corrected chi connectivity index (χ0v) is 12.6. The topological polar surface area (TPSA) is 66.4 Å². The van der Waals surface area contributed by atoms with E-state index in [1.165, 1.54) is 6.07 Å². The van der Waals surface area contributed by atoms with Crippen LogP contribution in [0.2, 0.25) is 0 Å². The molecule has 0 unspecified atom stereocenters. The summed E-state index contributed by atoms with van der Waals surface area (Å²) in [6, 6.07) is 6.33. The number of halogens is 2. The molecule has 0 aliphatic heterocycles. The number of carboxylic acid groups (broad SMARTS) is 1. The molecule has 0 bridgehead atoms. The Morgan fingerprint density at radius 1 is 1.18 bits per heavy atom. The lowest BCUT2D eigenvalue weighted by atomic mass is 9.81. The molecule has 4 nitrogen and oxygen atoms in total. The van der Waals surface area contributed by atoms with Crippen LogP contribution in [0.25, 0.3) is 0 Å². The quantitative estimate of drug-likeness (QED) is 0.806. The van der Waals surface area contributed by atoms with Crippen molar-refractivity contribution < 1.29 is 23.5 Å². The molecule has 120 valence electrons. The number of carboxylic acids is 1. The largest absolute Gasteiger partial charge is 0.481 e. The zero-order chi connectivity index (χ0) is 16.1. The predicted molar refractivity (Wildman–Crippen MR) is 80.0 cm³/mol. The van der Waals surface area contributed by atoms with Crippen LogP contribution in [-0.2, 0) is 9.59 Å². The molecule has 1 aliphatic carbocycles. The summed E-state index contributed by atoms with van der Waals surface area (Å²) in [5.41, 5.74) is 0.482. The highest BCUT2D eigenvalue weighted by molar-refractivity contribution is 7.99. The Labute approximate surface area is 131 Å². The SMILES string of the molecule is O=C(O)C1CCC(C(=O)Nc2cccc(SC(F)F)c2)CC1. The van der Waals surface area contributed by atoms with Crippen molar-refractivity contribution in [3.8, 4) is 0 Å². The van der Waals surface area contributed by atoms with Gasteiger partial charge in [-0.15, -0.1) is 0 Å². The van der Waals surface area contributed by atoms with Gasteiger partial charge in [-0.3, -0.25) is 9.59 Å². The molecule has 1 fully saturated rings. The Bertz CT molecular complexity index is 545. The standard InChI is InChI=1S/C15H17F2NO3S/c16-15(17)22-12-3-1-2-11(8-12)18-13(19)9-4-6-10(7-5-9)14(20)21/h1-3,8-10,15H,4-7H2,(H,18,19)(H,20,21). The minimum atomic E-state index is -2.50. The maximum Gasteiger partial charge on any atom is 0.306 e. The van der Waals surface area contributed by atoms with E-state index in [4.69, 9.17) is 5.11 Å². The smallest absolute Gasteiger partial charge is 0.306 e. The second-order valence-electron chi connectivity index (χ2n) is 5.28. The van der Waals surface area contributed by atoms with Gasteiger partial charge in [0.2, 0.25) is 5.91 Å². The highest BCUT2D eigenvalue weighted by atomic mass is 32.2. The number of carbonyl (C=O) groups excluding carboxylic acids is 1. The molecule has 0 radical (unpaired) electrons. The fraction of sp³-hybridized carbons (Fsp3) is 0.467. The Kier molecular flexibility index (Phi) is 5.76. The first-order valence-corrected chi connectivity index (χ1v) is 7.92. The van der Waals surface area contributed by atoms with E-state index in [2.05, 4.69) is 5.32 Å². The third kappa shape index (κ3) is 4.69.